The molecule has 1 aliphatic rings. The van der Waals surface area contributed by atoms with Gasteiger partial charge in [-0.2, -0.15) is 0 Å². The number of nitrogens with two attached hydrogens (primary N) is 1. The normalized spacial score (nSPS) is 19.1. The highest BCUT2D eigenvalue weighted by atomic mass is 16.5. The van der Waals surface area contributed by atoms with Crippen molar-refractivity contribution in [2.24, 2.45) is 0 Å². The number of anilines is 1. The van der Waals surface area contributed by atoms with Gasteiger partial charge in [-0.05, 0) is 63.8 Å². The van der Waals surface area contributed by atoms with E-state index in [-0.39, 0.29) is 0 Å². The van der Waals surface area contributed by atoms with E-state index < -0.39 is 0 Å². The van der Waals surface area contributed by atoms with E-state index in [0.717, 1.165) is 25.4 Å². The van der Waals surface area contributed by atoms with Crippen molar-refractivity contribution >= 4 is 5.69 Å². The molecule has 1 heterocycles. The molecule has 3 nitrogen and oxygen atoms in total. The summed E-state index contributed by atoms with van der Waals surface area (Å²) in [5, 5.41) is 0. The number of nitrogens with zero attached hydrogens (tertiary/aromatic N) is 1. The van der Waals surface area contributed by atoms with Crippen molar-refractivity contribution in [2.75, 3.05) is 18.9 Å². The van der Waals surface area contributed by atoms with Crippen LogP contribution in [0.2, 0.25) is 0 Å². The van der Waals surface area contributed by atoms with Crippen LogP contribution in [-0.2, 0) is 11.3 Å². The molecule has 0 aliphatic carbocycles. The molecule has 1 aromatic carbocycles. The first kappa shape index (κ1) is 15.3. The number of rotatable bonds is 7. The molecule has 0 saturated carbocycles. The molecular formula is C17H28N2O. The lowest BCUT2D eigenvalue weighted by Crippen LogP contribution is -2.31. The Labute approximate surface area is 123 Å². The Morgan fingerprint density at radius 1 is 1.30 bits per heavy atom. The van der Waals surface area contributed by atoms with Crippen LogP contribution >= 0.6 is 0 Å². The van der Waals surface area contributed by atoms with E-state index >= 15 is 0 Å². The molecule has 0 radical (unpaired) electrons. The van der Waals surface area contributed by atoms with E-state index in [1.165, 1.54) is 31.2 Å². The number of hydrogen-bond acceptors (Lipinski definition) is 3. The minimum Gasteiger partial charge on any atom is -0.399 e. The number of hydrogen-bond donors (Lipinski definition) is 1. The lowest BCUT2D eigenvalue weighted by Gasteiger charge is -2.27. The fourth-order valence-corrected chi connectivity index (χ4v) is 2.77. The van der Waals surface area contributed by atoms with Gasteiger partial charge in [0.2, 0.25) is 0 Å². The van der Waals surface area contributed by atoms with Crippen molar-refractivity contribution in [2.45, 2.75) is 58.2 Å². The molecule has 0 bridgehead atoms. The molecule has 3 heteroatoms. The van der Waals surface area contributed by atoms with Gasteiger partial charge in [0, 0.05) is 24.9 Å². The van der Waals surface area contributed by atoms with Crippen LogP contribution in [-0.4, -0.2) is 30.2 Å². The molecular weight excluding hydrogens is 248 g/mol. The molecule has 2 N–H and O–H groups in total. The van der Waals surface area contributed by atoms with Crippen LogP contribution in [0.4, 0.5) is 5.69 Å². The number of benzene rings is 1. The maximum Gasteiger partial charge on any atom is 0.0576 e. The first-order valence-corrected chi connectivity index (χ1v) is 7.85. The van der Waals surface area contributed by atoms with Crippen LogP contribution < -0.4 is 5.73 Å². The fraction of sp³-hybridized carbons (Fsp3) is 0.647. The molecule has 20 heavy (non-hydrogen) atoms. The molecule has 112 valence electrons. The van der Waals surface area contributed by atoms with E-state index in [2.05, 4.69) is 30.9 Å². The molecule has 1 unspecified atom stereocenters. The van der Waals surface area contributed by atoms with Crippen molar-refractivity contribution in [3.63, 3.8) is 0 Å². The molecule has 0 amide bonds. The van der Waals surface area contributed by atoms with Gasteiger partial charge in [0.1, 0.15) is 0 Å². The Kier molecular flexibility index (Phi) is 5.86. The molecule has 1 atom stereocenters. The van der Waals surface area contributed by atoms with E-state index in [1.807, 2.05) is 12.1 Å². The maximum atomic E-state index is 5.74. The van der Waals surface area contributed by atoms with Gasteiger partial charge in [-0.3, -0.25) is 4.90 Å². The zero-order valence-corrected chi connectivity index (χ0v) is 12.8. The lowest BCUT2D eigenvalue weighted by atomic mass is 10.1. The average Bonchev–Trinajstić information content (AvgIpc) is 2.93. The van der Waals surface area contributed by atoms with Crippen LogP contribution in [0.3, 0.4) is 0 Å². The second kappa shape index (κ2) is 7.65. The summed E-state index contributed by atoms with van der Waals surface area (Å²) in [5.74, 6) is 0. The first-order chi connectivity index (χ1) is 9.65. The highest BCUT2D eigenvalue weighted by molar-refractivity contribution is 5.39. The van der Waals surface area contributed by atoms with Crippen LogP contribution in [0.1, 0.15) is 45.1 Å². The van der Waals surface area contributed by atoms with Crippen molar-refractivity contribution < 1.29 is 4.74 Å². The Bertz CT molecular complexity index is 382. The van der Waals surface area contributed by atoms with Gasteiger partial charge < -0.3 is 10.5 Å². The van der Waals surface area contributed by atoms with Crippen LogP contribution in [0.25, 0.3) is 0 Å². The van der Waals surface area contributed by atoms with Gasteiger partial charge in [0.25, 0.3) is 0 Å². The largest absolute Gasteiger partial charge is 0.399 e. The summed E-state index contributed by atoms with van der Waals surface area (Å²) in [7, 11) is 0. The van der Waals surface area contributed by atoms with Crippen LogP contribution in [0.15, 0.2) is 24.3 Å². The highest BCUT2D eigenvalue weighted by Crippen LogP contribution is 2.18. The van der Waals surface area contributed by atoms with E-state index in [4.69, 9.17) is 10.5 Å². The van der Waals surface area contributed by atoms with E-state index in [9.17, 15) is 0 Å². The molecule has 0 spiro atoms. The smallest absolute Gasteiger partial charge is 0.0576 e. The van der Waals surface area contributed by atoms with Crippen LogP contribution in [0, 0.1) is 0 Å². The van der Waals surface area contributed by atoms with Gasteiger partial charge in [-0.1, -0.05) is 12.1 Å². The number of ether oxygens (including phenoxy) is 1. The van der Waals surface area contributed by atoms with Crippen molar-refractivity contribution in [1.82, 2.24) is 4.90 Å². The maximum absolute atomic E-state index is 5.74. The topological polar surface area (TPSA) is 38.5 Å². The fourth-order valence-electron chi connectivity index (χ4n) is 2.77. The standard InChI is InChI=1S/C17H28N2O/c1-14(2)19(11-3-5-17-6-4-12-20-17)13-15-7-9-16(18)10-8-15/h7-10,14,17H,3-6,11-13,18H2,1-2H3. The summed E-state index contributed by atoms with van der Waals surface area (Å²) >= 11 is 0. The minimum atomic E-state index is 0.514. The summed E-state index contributed by atoms with van der Waals surface area (Å²) in [5.41, 5.74) is 7.91. The summed E-state index contributed by atoms with van der Waals surface area (Å²) in [6, 6.07) is 8.80. The SMILES string of the molecule is CC(C)N(CCCC1CCCO1)Cc1ccc(N)cc1. The predicted octanol–water partition coefficient (Wildman–Crippen LogP) is 3.44. The van der Waals surface area contributed by atoms with Gasteiger partial charge >= 0.3 is 0 Å². The van der Waals surface area contributed by atoms with Gasteiger partial charge in [0.05, 0.1) is 6.10 Å². The zero-order chi connectivity index (χ0) is 14.4. The van der Waals surface area contributed by atoms with E-state index in [0.29, 0.717) is 12.1 Å². The van der Waals surface area contributed by atoms with Crippen molar-refractivity contribution in [3.8, 4) is 0 Å². The second-order valence-corrected chi connectivity index (χ2v) is 6.08. The van der Waals surface area contributed by atoms with Crippen molar-refractivity contribution in [1.29, 1.82) is 0 Å². The molecule has 2 rings (SSSR count). The summed E-state index contributed by atoms with van der Waals surface area (Å²) in [4.78, 5) is 2.53. The predicted molar refractivity (Wildman–Crippen MR) is 84.6 cm³/mol. The molecule has 1 aromatic rings. The summed E-state index contributed by atoms with van der Waals surface area (Å²) < 4.78 is 5.69. The van der Waals surface area contributed by atoms with E-state index in [1.54, 1.807) is 0 Å². The highest BCUT2D eigenvalue weighted by Gasteiger charge is 2.16. The average molecular weight is 276 g/mol. The first-order valence-electron chi connectivity index (χ1n) is 7.85. The quantitative estimate of drug-likeness (QED) is 0.775. The van der Waals surface area contributed by atoms with Crippen molar-refractivity contribution in [3.05, 3.63) is 29.8 Å². The van der Waals surface area contributed by atoms with Gasteiger partial charge in [-0.15, -0.1) is 0 Å². The number of nitrogen functional groups attached to an aromatic ring is 1. The minimum absolute atomic E-state index is 0.514. The Balaban J connectivity index is 1.78. The molecule has 0 aromatic heterocycles. The zero-order valence-electron chi connectivity index (χ0n) is 12.8. The molecule has 1 aliphatic heterocycles. The van der Waals surface area contributed by atoms with Crippen LogP contribution in [0.5, 0.6) is 0 Å². The monoisotopic (exact) mass is 276 g/mol. The Hall–Kier alpha value is -1.06. The third-order valence-corrected chi connectivity index (χ3v) is 4.09. The molecule has 1 saturated heterocycles. The Morgan fingerprint density at radius 3 is 2.65 bits per heavy atom. The third-order valence-electron chi connectivity index (χ3n) is 4.09. The lowest BCUT2D eigenvalue weighted by molar-refractivity contribution is 0.0962. The second-order valence-electron chi connectivity index (χ2n) is 6.08. The summed E-state index contributed by atoms with van der Waals surface area (Å²) in [6.07, 6.45) is 5.42. The van der Waals surface area contributed by atoms with Gasteiger partial charge in [-0.25, -0.2) is 0 Å². The van der Waals surface area contributed by atoms with Gasteiger partial charge in [0.15, 0.2) is 0 Å². The third kappa shape index (κ3) is 4.80. The molecule has 1 fully saturated rings. The Morgan fingerprint density at radius 2 is 2.05 bits per heavy atom. The summed E-state index contributed by atoms with van der Waals surface area (Å²) in [6.45, 7) is 7.64.